The van der Waals surface area contributed by atoms with Crippen molar-refractivity contribution in [2.75, 3.05) is 7.11 Å². The first kappa shape index (κ1) is 22.7. The van der Waals surface area contributed by atoms with Crippen molar-refractivity contribution in [2.24, 2.45) is 0 Å². The fourth-order valence-corrected chi connectivity index (χ4v) is 4.04. The third-order valence-electron chi connectivity index (χ3n) is 5.80. The van der Waals surface area contributed by atoms with Gasteiger partial charge in [-0.2, -0.15) is 0 Å². The van der Waals surface area contributed by atoms with E-state index in [1.54, 1.807) is 18.1 Å². The first-order chi connectivity index (χ1) is 16.1. The maximum atomic E-state index is 13.8. The number of hydrogen-bond donors (Lipinski definition) is 0. The molecule has 3 aromatic carbocycles. The Balaban J connectivity index is 1.58. The molecule has 170 valence electrons. The Bertz CT molecular complexity index is 1080. The van der Waals surface area contributed by atoms with E-state index in [4.69, 9.17) is 9.47 Å². The fraction of sp³-hybridized carbons (Fsp3) is 0.250. The lowest BCUT2D eigenvalue weighted by molar-refractivity contribution is -0.137. The van der Waals surface area contributed by atoms with Gasteiger partial charge in [-0.25, -0.2) is 4.39 Å². The second kappa shape index (κ2) is 10.9. The largest absolute Gasteiger partial charge is 0.497 e. The number of rotatable bonds is 7. The van der Waals surface area contributed by atoms with Gasteiger partial charge in [0.1, 0.15) is 11.6 Å². The van der Waals surface area contributed by atoms with Crippen LogP contribution >= 0.6 is 0 Å². The third kappa shape index (κ3) is 6.08. The standard InChI is InChI=1S/C28H28FNO3/c1-32-25-15-13-23(14-16-25)27-12-6-11-26(33-20-21-7-3-2-4-8-21)18-28(31)30(27)19-22-9-5-10-24(29)17-22/h2-10,12-17,26-27H,11,18-20H2,1H3/b12-6-/t26-,27+/m0/s1. The van der Waals surface area contributed by atoms with E-state index in [-0.39, 0.29) is 30.3 Å². The Morgan fingerprint density at radius 3 is 2.45 bits per heavy atom. The van der Waals surface area contributed by atoms with Crippen LogP contribution in [0.2, 0.25) is 0 Å². The molecule has 1 aliphatic heterocycles. The first-order valence-electron chi connectivity index (χ1n) is 11.1. The second-order valence-electron chi connectivity index (χ2n) is 8.16. The molecule has 0 spiro atoms. The van der Waals surface area contributed by atoms with Crippen molar-refractivity contribution in [2.45, 2.75) is 38.1 Å². The van der Waals surface area contributed by atoms with Crippen LogP contribution < -0.4 is 4.74 Å². The SMILES string of the molecule is COc1ccc([C@H]2/C=C\C[C@H](OCc3ccccc3)CC(=O)N2Cc2cccc(F)c2)cc1. The first-order valence-corrected chi connectivity index (χ1v) is 11.1. The van der Waals surface area contributed by atoms with E-state index in [9.17, 15) is 9.18 Å². The minimum Gasteiger partial charge on any atom is -0.497 e. The molecule has 0 unspecified atom stereocenters. The molecule has 0 saturated heterocycles. The zero-order chi connectivity index (χ0) is 23.0. The summed E-state index contributed by atoms with van der Waals surface area (Å²) in [5.74, 6) is 0.418. The van der Waals surface area contributed by atoms with Gasteiger partial charge in [-0.05, 0) is 47.4 Å². The van der Waals surface area contributed by atoms with E-state index in [2.05, 4.69) is 6.08 Å². The smallest absolute Gasteiger partial charge is 0.226 e. The van der Waals surface area contributed by atoms with Gasteiger partial charge in [0.2, 0.25) is 5.91 Å². The van der Waals surface area contributed by atoms with Crippen molar-refractivity contribution in [3.8, 4) is 5.75 Å². The number of ether oxygens (including phenoxy) is 2. The average Bonchev–Trinajstić information content (AvgIpc) is 2.83. The predicted molar refractivity (Wildman–Crippen MR) is 126 cm³/mol. The summed E-state index contributed by atoms with van der Waals surface area (Å²) in [7, 11) is 1.63. The topological polar surface area (TPSA) is 38.8 Å². The molecule has 1 heterocycles. The molecule has 1 aliphatic rings. The highest BCUT2D eigenvalue weighted by atomic mass is 19.1. The maximum Gasteiger partial charge on any atom is 0.226 e. The highest BCUT2D eigenvalue weighted by molar-refractivity contribution is 5.78. The van der Waals surface area contributed by atoms with Gasteiger partial charge in [0, 0.05) is 6.54 Å². The summed E-state index contributed by atoms with van der Waals surface area (Å²) in [6.07, 6.45) is 4.81. The second-order valence-corrected chi connectivity index (χ2v) is 8.16. The van der Waals surface area contributed by atoms with Crippen LogP contribution in [0.5, 0.6) is 5.75 Å². The van der Waals surface area contributed by atoms with Gasteiger partial charge < -0.3 is 14.4 Å². The van der Waals surface area contributed by atoms with Gasteiger partial charge in [-0.1, -0.05) is 66.7 Å². The highest BCUT2D eigenvalue weighted by Gasteiger charge is 2.28. The Morgan fingerprint density at radius 2 is 1.73 bits per heavy atom. The predicted octanol–water partition coefficient (Wildman–Crippen LogP) is 5.84. The van der Waals surface area contributed by atoms with Crippen LogP contribution in [0, 0.1) is 5.82 Å². The summed E-state index contributed by atoms with van der Waals surface area (Å²) >= 11 is 0. The molecule has 5 heteroatoms. The van der Waals surface area contributed by atoms with E-state index >= 15 is 0 Å². The van der Waals surface area contributed by atoms with Crippen LogP contribution in [0.1, 0.15) is 35.6 Å². The van der Waals surface area contributed by atoms with Crippen molar-refractivity contribution >= 4 is 5.91 Å². The van der Waals surface area contributed by atoms with Gasteiger partial charge in [0.15, 0.2) is 0 Å². The van der Waals surface area contributed by atoms with Crippen LogP contribution in [0.4, 0.5) is 4.39 Å². The molecule has 0 bridgehead atoms. The summed E-state index contributed by atoms with van der Waals surface area (Å²) in [5.41, 5.74) is 2.79. The molecule has 0 saturated carbocycles. The van der Waals surface area contributed by atoms with E-state index in [0.717, 1.165) is 22.4 Å². The van der Waals surface area contributed by atoms with Crippen LogP contribution in [0.15, 0.2) is 91.0 Å². The molecule has 4 nitrogen and oxygen atoms in total. The minimum atomic E-state index is -0.312. The molecule has 0 aliphatic carbocycles. The molecule has 0 aromatic heterocycles. The van der Waals surface area contributed by atoms with Gasteiger partial charge in [-0.3, -0.25) is 4.79 Å². The van der Waals surface area contributed by atoms with Crippen LogP contribution in [0.3, 0.4) is 0 Å². The average molecular weight is 446 g/mol. The normalized spacial score (nSPS) is 19.6. The Morgan fingerprint density at radius 1 is 0.970 bits per heavy atom. The summed E-state index contributed by atoms with van der Waals surface area (Å²) in [6, 6.07) is 23.8. The molecule has 0 radical (unpaired) electrons. The van der Waals surface area contributed by atoms with Gasteiger partial charge >= 0.3 is 0 Å². The van der Waals surface area contributed by atoms with E-state index in [1.165, 1.54) is 12.1 Å². The van der Waals surface area contributed by atoms with Crippen molar-refractivity contribution in [1.82, 2.24) is 4.90 Å². The number of benzene rings is 3. The molecule has 4 rings (SSSR count). The Kier molecular flexibility index (Phi) is 7.53. The molecular formula is C28H28FNO3. The Hall–Kier alpha value is -3.44. The number of amides is 1. The zero-order valence-electron chi connectivity index (χ0n) is 18.7. The molecule has 33 heavy (non-hydrogen) atoms. The lowest BCUT2D eigenvalue weighted by Gasteiger charge is -2.33. The van der Waals surface area contributed by atoms with Crippen LogP contribution in [0.25, 0.3) is 0 Å². The molecule has 0 N–H and O–H groups in total. The lowest BCUT2D eigenvalue weighted by Crippen LogP contribution is -2.37. The zero-order valence-corrected chi connectivity index (χ0v) is 18.7. The van der Waals surface area contributed by atoms with Gasteiger partial charge in [0.25, 0.3) is 0 Å². The van der Waals surface area contributed by atoms with Gasteiger partial charge in [-0.15, -0.1) is 0 Å². The van der Waals surface area contributed by atoms with Crippen LogP contribution in [-0.4, -0.2) is 24.0 Å². The summed E-state index contributed by atoms with van der Waals surface area (Å²) in [5, 5.41) is 0. The number of hydrogen-bond acceptors (Lipinski definition) is 3. The number of carbonyl (C=O) groups is 1. The van der Waals surface area contributed by atoms with Crippen molar-refractivity contribution in [3.63, 3.8) is 0 Å². The van der Waals surface area contributed by atoms with E-state index in [1.807, 2.05) is 66.7 Å². The van der Waals surface area contributed by atoms with Crippen molar-refractivity contribution in [1.29, 1.82) is 0 Å². The summed E-state index contributed by atoms with van der Waals surface area (Å²) in [6.45, 7) is 0.765. The molecule has 2 atom stereocenters. The molecule has 1 amide bonds. The summed E-state index contributed by atoms with van der Waals surface area (Å²) < 4.78 is 25.2. The number of nitrogens with zero attached hydrogens (tertiary/aromatic N) is 1. The number of halogens is 1. The van der Waals surface area contributed by atoms with Gasteiger partial charge in [0.05, 0.1) is 32.3 Å². The quantitative estimate of drug-likeness (QED) is 0.429. The van der Waals surface area contributed by atoms with E-state index < -0.39 is 0 Å². The third-order valence-corrected chi connectivity index (χ3v) is 5.80. The monoisotopic (exact) mass is 445 g/mol. The minimum absolute atomic E-state index is 0.0255. The number of methoxy groups -OCH3 is 1. The summed E-state index contributed by atoms with van der Waals surface area (Å²) in [4.78, 5) is 15.3. The number of carbonyl (C=O) groups excluding carboxylic acids is 1. The molecular weight excluding hydrogens is 417 g/mol. The van der Waals surface area contributed by atoms with Crippen molar-refractivity contribution in [3.05, 3.63) is 114 Å². The fourth-order valence-electron chi connectivity index (χ4n) is 4.04. The maximum absolute atomic E-state index is 13.8. The molecule has 0 fully saturated rings. The Labute approximate surface area is 194 Å². The molecule has 3 aromatic rings. The lowest BCUT2D eigenvalue weighted by atomic mass is 9.98. The highest BCUT2D eigenvalue weighted by Crippen LogP contribution is 2.30. The van der Waals surface area contributed by atoms with Crippen molar-refractivity contribution < 1.29 is 18.7 Å². The van der Waals surface area contributed by atoms with E-state index in [0.29, 0.717) is 19.6 Å². The van der Waals surface area contributed by atoms with Crippen LogP contribution in [-0.2, 0) is 22.7 Å².